The molecule has 3 rings (SSSR count). The number of nitrogen functional groups attached to an aromatic ring is 1. The minimum Gasteiger partial charge on any atom is -0.398 e. The second-order valence-electron chi connectivity index (χ2n) is 5.54. The third-order valence-corrected chi connectivity index (χ3v) is 4.72. The van der Waals surface area contributed by atoms with Crippen molar-refractivity contribution in [1.29, 1.82) is 0 Å². The van der Waals surface area contributed by atoms with E-state index in [0.717, 1.165) is 34.3 Å². The molecule has 1 unspecified atom stereocenters. The van der Waals surface area contributed by atoms with E-state index in [1.54, 1.807) is 0 Å². The lowest BCUT2D eigenvalue weighted by atomic mass is 9.88. The molecule has 2 nitrogen and oxygen atoms in total. The van der Waals surface area contributed by atoms with Crippen LogP contribution in [-0.4, -0.2) is 6.04 Å². The highest BCUT2D eigenvalue weighted by atomic mass is 79.9. The first-order valence-electron chi connectivity index (χ1n) is 7.02. The number of nitrogens with two attached hydrogens (primary N) is 1. The van der Waals surface area contributed by atoms with Crippen LogP contribution in [-0.2, 0) is 12.8 Å². The zero-order chi connectivity index (χ0) is 14.1. The molecule has 0 aliphatic heterocycles. The van der Waals surface area contributed by atoms with Gasteiger partial charge in [0.05, 0.1) is 0 Å². The average molecular weight is 331 g/mol. The van der Waals surface area contributed by atoms with Gasteiger partial charge >= 0.3 is 0 Å². The van der Waals surface area contributed by atoms with E-state index >= 15 is 0 Å². The molecule has 1 aliphatic carbocycles. The molecule has 0 saturated heterocycles. The first-order valence-corrected chi connectivity index (χ1v) is 7.81. The molecule has 20 heavy (non-hydrogen) atoms. The number of nitrogens with one attached hydrogen (secondary N) is 1. The molecule has 3 heteroatoms. The number of aryl methyl sites for hydroxylation is 2. The van der Waals surface area contributed by atoms with Crippen molar-refractivity contribution in [3.63, 3.8) is 0 Å². The summed E-state index contributed by atoms with van der Waals surface area (Å²) in [6.45, 7) is 2.04. The summed E-state index contributed by atoms with van der Waals surface area (Å²) in [5.41, 5.74) is 12.0. The van der Waals surface area contributed by atoms with Gasteiger partial charge in [-0.1, -0.05) is 24.3 Å². The van der Waals surface area contributed by atoms with Gasteiger partial charge in [0.15, 0.2) is 0 Å². The van der Waals surface area contributed by atoms with E-state index in [1.165, 1.54) is 17.5 Å². The van der Waals surface area contributed by atoms with Crippen LogP contribution in [0.5, 0.6) is 0 Å². The number of benzene rings is 2. The molecule has 0 bridgehead atoms. The van der Waals surface area contributed by atoms with E-state index in [2.05, 4.69) is 51.6 Å². The van der Waals surface area contributed by atoms with Crippen LogP contribution in [0.4, 0.5) is 11.4 Å². The van der Waals surface area contributed by atoms with Crippen molar-refractivity contribution < 1.29 is 0 Å². The molecule has 1 aliphatic rings. The van der Waals surface area contributed by atoms with Crippen molar-refractivity contribution in [2.24, 2.45) is 0 Å². The molecule has 0 saturated carbocycles. The fraction of sp³-hybridized carbons (Fsp3) is 0.294. The fourth-order valence-electron chi connectivity index (χ4n) is 2.85. The van der Waals surface area contributed by atoms with Crippen LogP contribution in [0, 0.1) is 6.92 Å². The van der Waals surface area contributed by atoms with Crippen LogP contribution < -0.4 is 11.1 Å². The van der Waals surface area contributed by atoms with Gasteiger partial charge in [-0.05, 0) is 70.9 Å². The molecule has 0 aromatic heterocycles. The molecule has 1 atom stereocenters. The van der Waals surface area contributed by atoms with E-state index in [9.17, 15) is 0 Å². The first-order chi connectivity index (χ1) is 9.63. The topological polar surface area (TPSA) is 38.0 Å². The highest BCUT2D eigenvalue weighted by Gasteiger charge is 2.18. The van der Waals surface area contributed by atoms with E-state index < -0.39 is 0 Å². The average Bonchev–Trinajstić information content (AvgIpc) is 2.44. The van der Waals surface area contributed by atoms with Crippen LogP contribution >= 0.6 is 15.9 Å². The van der Waals surface area contributed by atoms with E-state index in [-0.39, 0.29) is 0 Å². The monoisotopic (exact) mass is 330 g/mol. The van der Waals surface area contributed by atoms with Gasteiger partial charge in [-0.15, -0.1) is 0 Å². The summed E-state index contributed by atoms with van der Waals surface area (Å²) in [5, 5.41) is 3.66. The predicted octanol–water partition coefficient (Wildman–Crippen LogP) is 4.31. The summed E-state index contributed by atoms with van der Waals surface area (Å²) in [7, 11) is 0. The summed E-state index contributed by atoms with van der Waals surface area (Å²) in [5.74, 6) is 0. The van der Waals surface area contributed by atoms with Crippen molar-refractivity contribution in [2.75, 3.05) is 11.1 Å². The van der Waals surface area contributed by atoms with Crippen LogP contribution in [0.2, 0.25) is 0 Å². The fourth-order valence-corrected chi connectivity index (χ4v) is 3.32. The van der Waals surface area contributed by atoms with Gasteiger partial charge in [0.25, 0.3) is 0 Å². The molecular formula is C17H19BrN2. The summed E-state index contributed by atoms with van der Waals surface area (Å²) >= 11 is 3.60. The van der Waals surface area contributed by atoms with Gasteiger partial charge in [-0.25, -0.2) is 0 Å². The minimum absolute atomic E-state index is 0.490. The van der Waals surface area contributed by atoms with Crippen molar-refractivity contribution in [2.45, 2.75) is 32.2 Å². The van der Waals surface area contributed by atoms with Gasteiger partial charge in [-0.2, -0.15) is 0 Å². The molecule has 2 aromatic carbocycles. The number of halogens is 1. The molecule has 104 valence electrons. The molecule has 0 heterocycles. The Morgan fingerprint density at radius 1 is 1.20 bits per heavy atom. The van der Waals surface area contributed by atoms with Gasteiger partial charge in [0.2, 0.25) is 0 Å². The first kappa shape index (κ1) is 13.5. The maximum absolute atomic E-state index is 5.93. The number of hydrogen-bond acceptors (Lipinski definition) is 2. The molecule has 0 radical (unpaired) electrons. The lowest BCUT2D eigenvalue weighted by Gasteiger charge is -2.27. The zero-order valence-electron chi connectivity index (χ0n) is 11.6. The number of rotatable bonds is 2. The van der Waals surface area contributed by atoms with E-state index in [0.29, 0.717) is 6.04 Å². The van der Waals surface area contributed by atoms with E-state index in [4.69, 9.17) is 5.73 Å². The highest BCUT2D eigenvalue weighted by molar-refractivity contribution is 9.10. The number of fused-ring (bicyclic) bond motifs is 1. The second-order valence-corrected chi connectivity index (χ2v) is 6.40. The van der Waals surface area contributed by atoms with Crippen LogP contribution in [0.3, 0.4) is 0 Å². The van der Waals surface area contributed by atoms with Gasteiger partial charge in [0, 0.05) is 21.9 Å². The SMILES string of the molecule is Cc1cc(NC2CCc3ccccc3C2)c(Br)cc1N. The lowest BCUT2D eigenvalue weighted by Crippen LogP contribution is -2.27. The summed E-state index contributed by atoms with van der Waals surface area (Å²) < 4.78 is 1.04. The lowest BCUT2D eigenvalue weighted by molar-refractivity contribution is 0.610. The Bertz CT molecular complexity index is 637. The van der Waals surface area contributed by atoms with Crippen molar-refractivity contribution >= 4 is 27.3 Å². The summed E-state index contributed by atoms with van der Waals surface area (Å²) in [6.07, 6.45) is 3.42. The van der Waals surface area contributed by atoms with Crippen LogP contribution in [0.1, 0.15) is 23.1 Å². The van der Waals surface area contributed by atoms with Gasteiger partial charge in [-0.3, -0.25) is 0 Å². The minimum atomic E-state index is 0.490. The molecule has 0 spiro atoms. The Hall–Kier alpha value is -1.48. The smallest absolute Gasteiger partial charge is 0.0491 e. The Morgan fingerprint density at radius 3 is 2.75 bits per heavy atom. The van der Waals surface area contributed by atoms with Crippen molar-refractivity contribution in [3.05, 3.63) is 57.6 Å². The van der Waals surface area contributed by atoms with Crippen LogP contribution in [0.15, 0.2) is 40.9 Å². The maximum Gasteiger partial charge on any atom is 0.0491 e. The standard InChI is InChI=1S/C17H19BrN2/c1-11-8-17(15(18)10-16(11)19)20-14-7-6-12-4-2-3-5-13(12)9-14/h2-5,8,10,14,20H,6-7,9,19H2,1H3. The molecular weight excluding hydrogens is 312 g/mol. The number of hydrogen-bond donors (Lipinski definition) is 2. The highest BCUT2D eigenvalue weighted by Crippen LogP contribution is 2.30. The Kier molecular flexibility index (Phi) is 3.70. The van der Waals surface area contributed by atoms with Crippen molar-refractivity contribution in [1.82, 2.24) is 0 Å². The quantitative estimate of drug-likeness (QED) is 0.805. The maximum atomic E-state index is 5.93. The van der Waals surface area contributed by atoms with Crippen LogP contribution in [0.25, 0.3) is 0 Å². The third kappa shape index (κ3) is 2.68. The predicted molar refractivity (Wildman–Crippen MR) is 89.2 cm³/mol. The van der Waals surface area contributed by atoms with Gasteiger partial charge < -0.3 is 11.1 Å². The molecule has 0 amide bonds. The van der Waals surface area contributed by atoms with Gasteiger partial charge in [0.1, 0.15) is 0 Å². The Labute approximate surface area is 128 Å². The normalized spacial score (nSPS) is 17.6. The molecule has 2 aromatic rings. The second kappa shape index (κ2) is 5.49. The zero-order valence-corrected chi connectivity index (χ0v) is 13.2. The van der Waals surface area contributed by atoms with E-state index in [1.807, 2.05) is 13.0 Å². The third-order valence-electron chi connectivity index (χ3n) is 4.06. The molecule has 0 fully saturated rings. The molecule has 3 N–H and O–H groups in total. The Morgan fingerprint density at radius 2 is 1.95 bits per heavy atom. The Balaban J connectivity index is 1.78. The summed E-state index contributed by atoms with van der Waals surface area (Å²) in [6, 6.07) is 13.3. The largest absolute Gasteiger partial charge is 0.398 e. The van der Waals surface area contributed by atoms with Crippen molar-refractivity contribution in [3.8, 4) is 0 Å². The summed E-state index contributed by atoms with van der Waals surface area (Å²) in [4.78, 5) is 0. The number of anilines is 2.